The lowest BCUT2D eigenvalue weighted by molar-refractivity contribution is 0.0697. The van der Waals surface area contributed by atoms with Gasteiger partial charge in [-0.3, -0.25) is 0 Å². The molecule has 0 unspecified atom stereocenters. The van der Waals surface area contributed by atoms with Crippen LogP contribution in [-0.2, 0) is 6.54 Å². The fourth-order valence-electron chi connectivity index (χ4n) is 1.56. The Morgan fingerprint density at radius 3 is 2.88 bits per heavy atom. The monoisotopic (exact) mass is 234 g/mol. The summed E-state index contributed by atoms with van der Waals surface area (Å²) in [5.74, 6) is -0.938. The van der Waals surface area contributed by atoms with E-state index in [1.807, 2.05) is 19.0 Å². The quantitative estimate of drug-likeness (QED) is 0.842. The van der Waals surface area contributed by atoms with Gasteiger partial charge in [0.05, 0.1) is 17.6 Å². The van der Waals surface area contributed by atoms with E-state index in [2.05, 4.69) is 10.3 Å². The number of rotatable bonds is 4. The van der Waals surface area contributed by atoms with Crippen LogP contribution in [0.3, 0.4) is 0 Å². The molecule has 0 fully saturated rings. The molecule has 0 aliphatic carbocycles. The Kier molecular flexibility index (Phi) is 3.06. The molecule has 90 valence electrons. The first-order chi connectivity index (χ1) is 8.08. The number of hydrogen-bond donors (Lipinski definition) is 1. The second-order valence-corrected chi connectivity index (χ2v) is 4.12. The van der Waals surface area contributed by atoms with Crippen molar-refractivity contribution in [3.63, 3.8) is 0 Å². The molecule has 1 heterocycles. The lowest BCUT2D eigenvalue weighted by atomic mass is 10.2. The number of carbonyl (C=O) groups is 1. The van der Waals surface area contributed by atoms with Crippen LogP contribution < -0.4 is 0 Å². The molecule has 0 aliphatic rings. The summed E-state index contributed by atoms with van der Waals surface area (Å²) in [4.78, 5) is 12.9. The van der Waals surface area contributed by atoms with Gasteiger partial charge in [-0.2, -0.15) is 0 Å². The largest absolute Gasteiger partial charge is 0.478 e. The van der Waals surface area contributed by atoms with Crippen molar-refractivity contribution in [3.05, 3.63) is 23.8 Å². The summed E-state index contributed by atoms with van der Waals surface area (Å²) < 4.78 is 1.72. The molecule has 6 nitrogen and oxygen atoms in total. The first-order valence-electron chi connectivity index (χ1n) is 5.29. The number of aromatic nitrogens is 3. The average molecular weight is 234 g/mol. The summed E-state index contributed by atoms with van der Waals surface area (Å²) in [5.41, 5.74) is 1.73. The molecule has 0 aliphatic heterocycles. The molecule has 0 saturated heterocycles. The van der Waals surface area contributed by atoms with Crippen molar-refractivity contribution in [2.24, 2.45) is 0 Å². The third-order valence-corrected chi connectivity index (χ3v) is 2.52. The molecule has 1 aromatic heterocycles. The number of hydrogen-bond acceptors (Lipinski definition) is 4. The van der Waals surface area contributed by atoms with Gasteiger partial charge in [0.1, 0.15) is 5.52 Å². The lowest BCUT2D eigenvalue weighted by Gasteiger charge is -2.09. The van der Waals surface area contributed by atoms with Crippen LogP contribution in [0.4, 0.5) is 0 Å². The van der Waals surface area contributed by atoms with Crippen molar-refractivity contribution in [2.45, 2.75) is 6.54 Å². The van der Waals surface area contributed by atoms with Crippen LogP contribution in [-0.4, -0.2) is 51.6 Å². The molecular formula is C11H14N4O2. The summed E-state index contributed by atoms with van der Waals surface area (Å²) in [5, 5.41) is 16.9. The predicted octanol–water partition coefficient (Wildman–Crippen LogP) is 0.691. The normalized spacial score (nSPS) is 11.2. The molecule has 6 heteroatoms. The Balaban J connectivity index is 2.36. The highest BCUT2D eigenvalue weighted by Gasteiger charge is 2.09. The van der Waals surface area contributed by atoms with E-state index in [1.165, 1.54) is 6.07 Å². The van der Waals surface area contributed by atoms with Gasteiger partial charge in [-0.25, -0.2) is 9.48 Å². The van der Waals surface area contributed by atoms with Crippen molar-refractivity contribution < 1.29 is 9.90 Å². The van der Waals surface area contributed by atoms with Crippen LogP contribution >= 0.6 is 0 Å². The molecule has 17 heavy (non-hydrogen) atoms. The van der Waals surface area contributed by atoms with E-state index in [0.29, 0.717) is 12.1 Å². The highest BCUT2D eigenvalue weighted by Crippen LogP contribution is 2.13. The molecule has 0 atom stereocenters. The number of fused-ring (bicyclic) bond motifs is 1. The van der Waals surface area contributed by atoms with Crippen molar-refractivity contribution in [2.75, 3.05) is 20.6 Å². The molecule has 0 spiro atoms. The van der Waals surface area contributed by atoms with E-state index >= 15 is 0 Å². The third kappa shape index (κ3) is 2.42. The number of nitrogens with zero attached hydrogens (tertiary/aromatic N) is 4. The first kappa shape index (κ1) is 11.5. The molecule has 2 rings (SSSR count). The fourth-order valence-corrected chi connectivity index (χ4v) is 1.56. The second kappa shape index (κ2) is 4.50. The van der Waals surface area contributed by atoms with Gasteiger partial charge in [0.2, 0.25) is 0 Å². The van der Waals surface area contributed by atoms with Gasteiger partial charge in [-0.1, -0.05) is 5.21 Å². The minimum Gasteiger partial charge on any atom is -0.478 e. The van der Waals surface area contributed by atoms with Gasteiger partial charge in [-0.15, -0.1) is 5.10 Å². The zero-order valence-corrected chi connectivity index (χ0v) is 9.79. The summed E-state index contributed by atoms with van der Waals surface area (Å²) in [6.45, 7) is 1.52. The van der Waals surface area contributed by atoms with Crippen molar-refractivity contribution in [1.82, 2.24) is 19.9 Å². The number of aromatic carboxylic acids is 1. The Morgan fingerprint density at radius 2 is 2.24 bits per heavy atom. The standard InChI is InChI=1S/C11H14N4O2/c1-14(2)5-6-15-10-7-8(11(16)17)3-4-9(10)12-13-15/h3-4,7H,5-6H2,1-2H3,(H,16,17). The van der Waals surface area contributed by atoms with E-state index in [0.717, 1.165) is 12.1 Å². The van der Waals surface area contributed by atoms with E-state index in [-0.39, 0.29) is 5.56 Å². The van der Waals surface area contributed by atoms with Gasteiger partial charge in [0.25, 0.3) is 0 Å². The van der Waals surface area contributed by atoms with E-state index in [9.17, 15) is 4.79 Å². The van der Waals surface area contributed by atoms with Crippen molar-refractivity contribution in [3.8, 4) is 0 Å². The number of likely N-dealkylation sites (N-methyl/N-ethyl adjacent to an activating group) is 1. The van der Waals surface area contributed by atoms with E-state index < -0.39 is 5.97 Å². The van der Waals surface area contributed by atoms with Gasteiger partial charge in [0, 0.05) is 6.54 Å². The van der Waals surface area contributed by atoms with Gasteiger partial charge in [-0.05, 0) is 32.3 Å². The van der Waals surface area contributed by atoms with Crippen LogP contribution in [0.2, 0.25) is 0 Å². The zero-order chi connectivity index (χ0) is 12.4. The molecule has 2 aromatic rings. The smallest absolute Gasteiger partial charge is 0.335 e. The summed E-state index contributed by atoms with van der Waals surface area (Å²) >= 11 is 0. The number of benzene rings is 1. The van der Waals surface area contributed by atoms with Crippen LogP contribution in [0.5, 0.6) is 0 Å². The van der Waals surface area contributed by atoms with Crippen LogP contribution in [0.25, 0.3) is 11.0 Å². The minimum absolute atomic E-state index is 0.255. The average Bonchev–Trinajstić information content (AvgIpc) is 2.68. The molecular weight excluding hydrogens is 220 g/mol. The van der Waals surface area contributed by atoms with E-state index in [4.69, 9.17) is 5.11 Å². The molecule has 0 saturated carbocycles. The highest BCUT2D eigenvalue weighted by atomic mass is 16.4. The Morgan fingerprint density at radius 1 is 1.47 bits per heavy atom. The topological polar surface area (TPSA) is 71.2 Å². The van der Waals surface area contributed by atoms with Crippen LogP contribution in [0, 0.1) is 0 Å². The number of carboxylic acid groups (broad SMARTS) is 1. The molecule has 0 amide bonds. The lowest BCUT2D eigenvalue weighted by Crippen LogP contribution is -2.19. The second-order valence-electron chi connectivity index (χ2n) is 4.12. The molecule has 0 bridgehead atoms. The Labute approximate surface area is 98.4 Å². The maximum atomic E-state index is 10.9. The van der Waals surface area contributed by atoms with Crippen LogP contribution in [0.15, 0.2) is 18.2 Å². The molecule has 1 aromatic carbocycles. The molecule has 0 radical (unpaired) electrons. The number of carboxylic acids is 1. The van der Waals surface area contributed by atoms with Gasteiger partial charge >= 0.3 is 5.97 Å². The third-order valence-electron chi connectivity index (χ3n) is 2.52. The van der Waals surface area contributed by atoms with Gasteiger partial charge in [0.15, 0.2) is 0 Å². The minimum atomic E-state index is -0.938. The Bertz CT molecular complexity index is 547. The van der Waals surface area contributed by atoms with E-state index in [1.54, 1.807) is 16.8 Å². The summed E-state index contributed by atoms with van der Waals surface area (Å²) in [7, 11) is 3.95. The van der Waals surface area contributed by atoms with Crippen molar-refractivity contribution in [1.29, 1.82) is 0 Å². The maximum Gasteiger partial charge on any atom is 0.335 e. The Hall–Kier alpha value is -1.95. The fraction of sp³-hybridized carbons (Fsp3) is 0.364. The highest BCUT2D eigenvalue weighted by molar-refractivity contribution is 5.92. The zero-order valence-electron chi connectivity index (χ0n) is 9.79. The van der Waals surface area contributed by atoms with Crippen LogP contribution in [0.1, 0.15) is 10.4 Å². The summed E-state index contributed by atoms with van der Waals surface area (Å²) in [6.07, 6.45) is 0. The van der Waals surface area contributed by atoms with Crippen molar-refractivity contribution >= 4 is 17.0 Å². The van der Waals surface area contributed by atoms with Gasteiger partial charge < -0.3 is 10.0 Å². The maximum absolute atomic E-state index is 10.9. The predicted molar refractivity (Wildman–Crippen MR) is 63.0 cm³/mol. The SMILES string of the molecule is CN(C)CCn1nnc2ccc(C(=O)O)cc21. The molecule has 1 N–H and O–H groups in total. The summed E-state index contributed by atoms with van der Waals surface area (Å²) in [6, 6.07) is 4.82. The first-order valence-corrected chi connectivity index (χ1v) is 5.29.